The summed E-state index contributed by atoms with van der Waals surface area (Å²) < 4.78 is 5.33. The monoisotopic (exact) mass is 291 g/mol. The van der Waals surface area contributed by atoms with Crippen molar-refractivity contribution in [2.45, 2.75) is 0 Å². The Labute approximate surface area is 124 Å². The maximum atomic E-state index is 5.33. The Kier molecular flexibility index (Phi) is 2.90. The zero-order valence-electron chi connectivity index (χ0n) is 11.2. The Morgan fingerprint density at radius 2 is 1.91 bits per heavy atom. The first kappa shape index (κ1) is 12.3. The van der Waals surface area contributed by atoms with Crippen molar-refractivity contribution in [1.82, 2.24) is 35.7 Å². The van der Waals surface area contributed by atoms with E-state index in [1.165, 1.54) is 0 Å². The molecular formula is C14H9N7O. The number of H-pyrrole nitrogens is 1. The van der Waals surface area contributed by atoms with Gasteiger partial charge in [0.15, 0.2) is 5.82 Å². The SMILES string of the molecule is c1cncc(-c2noc(-c3cccc(-c4nnn[nH]4)c3)n2)c1. The minimum absolute atomic E-state index is 0.424. The van der Waals surface area contributed by atoms with Crippen molar-refractivity contribution in [2.24, 2.45) is 0 Å². The molecule has 1 N–H and O–H groups in total. The summed E-state index contributed by atoms with van der Waals surface area (Å²) in [6, 6.07) is 11.2. The van der Waals surface area contributed by atoms with E-state index in [9.17, 15) is 0 Å². The highest BCUT2D eigenvalue weighted by molar-refractivity contribution is 5.66. The average molecular weight is 291 g/mol. The molecule has 0 amide bonds. The summed E-state index contributed by atoms with van der Waals surface area (Å²) in [6.07, 6.45) is 3.38. The van der Waals surface area contributed by atoms with Crippen molar-refractivity contribution < 1.29 is 4.52 Å². The van der Waals surface area contributed by atoms with Crippen LogP contribution in [0, 0.1) is 0 Å². The number of aromatic amines is 1. The highest BCUT2D eigenvalue weighted by Crippen LogP contribution is 2.24. The quantitative estimate of drug-likeness (QED) is 0.615. The molecule has 4 rings (SSSR count). The smallest absolute Gasteiger partial charge is 0.258 e. The molecule has 1 aromatic carbocycles. The van der Waals surface area contributed by atoms with E-state index in [1.807, 2.05) is 36.4 Å². The lowest BCUT2D eigenvalue weighted by Crippen LogP contribution is -1.84. The minimum atomic E-state index is 0.424. The summed E-state index contributed by atoms with van der Waals surface area (Å²) in [5, 5.41) is 17.7. The van der Waals surface area contributed by atoms with E-state index in [0.717, 1.165) is 16.7 Å². The van der Waals surface area contributed by atoms with Crippen molar-refractivity contribution in [2.75, 3.05) is 0 Å². The van der Waals surface area contributed by atoms with Crippen molar-refractivity contribution >= 4 is 0 Å². The molecule has 22 heavy (non-hydrogen) atoms. The molecule has 0 fully saturated rings. The summed E-state index contributed by atoms with van der Waals surface area (Å²) >= 11 is 0. The van der Waals surface area contributed by atoms with Crippen LogP contribution >= 0.6 is 0 Å². The Morgan fingerprint density at radius 1 is 1.00 bits per heavy atom. The standard InChI is InChI=1S/C14H9N7O/c1-3-9(13-17-20-21-18-13)7-10(4-1)14-16-12(19-22-14)11-5-2-6-15-8-11/h1-8H,(H,17,18,20,21). The molecule has 0 spiro atoms. The molecule has 4 aromatic rings. The third-order valence-electron chi connectivity index (χ3n) is 3.07. The van der Waals surface area contributed by atoms with Crippen LogP contribution in [0.3, 0.4) is 0 Å². The fourth-order valence-corrected chi connectivity index (χ4v) is 2.03. The summed E-state index contributed by atoms with van der Waals surface area (Å²) in [5.41, 5.74) is 2.42. The lowest BCUT2D eigenvalue weighted by Gasteiger charge is -1.97. The van der Waals surface area contributed by atoms with Crippen LogP contribution in [-0.2, 0) is 0 Å². The van der Waals surface area contributed by atoms with E-state index in [0.29, 0.717) is 17.5 Å². The number of benzene rings is 1. The second-order valence-electron chi connectivity index (χ2n) is 4.50. The lowest BCUT2D eigenvalue weighted by molar-refractivity contribution is 0.432. The van der Waals surface area contributed by atoms with Gasteiger partial charge < -0.3 is 4.52 Å². The molecule has 0 aliphatic carbocycles. The van der Waals surface area contributed by atoms with Crippen LogP contribution in [0.4, 0.5) is 0 Å². The maximum Gasteiger partial charge on any atom is 0.258 e. The largest absolute Gasteiger partial charge is 0.334 e. The van der Waals surface area contributed by atoms with Crippen LogP contribution < -0.4 is 0 Å². The van der Waals surface area contributed by atoms with E-state index in [1.54, 1.807) is 12.4 Å². The second-order valence-corrected chi connectivity index (χ2v) is 4.50. The normalized spacial score (nSPS) is 10.7. The Balaban J connectivity index is 1.71. The Bertz CT molecular complexity index is 886. The number of aromatic nitrogens is 7. The molecule has 0 saturated heterocycles. The van der Waals surface area contributed by atoms with E-state index < -0.39 is 0 Å². The molecule has 3 aromatic heterocycles. The number of nitrogens with one attached hydrogen (secondary N) is 1. The van der Waals surface area contributed by atoms with Gasteiger partial charge in [-0.2, -0.15) is 4.98 Å². The number of hydrogen-bond donors (Lipinski definition) is 1. The summed E-state index contributed by atoms with van der Waals surface area (Å²) in [6.45, 7) is 0. The zero-order chi connectivity index (χ0) is 14.8. The van der Waals surface area contributed by atoms with Gasteiger partial charge in [0.25, 0.3) is 5.89 Å². The number of rotatable bonds is 3. The summed E-state index contributed by atoms with van der Waals surface area (Å²) in [4.78, 5) is 8.44. The van der Waals surface area contributed by atoms with Gasteiger partial charge in [-0.1, -0.05) is 17.3 Å². The van der Waals surface area contributed by atoms with Gasteiger partial charge in [-0.25, -0.2) is 5.10 Å². The molecule has 0 unspecified atom stereocenters. The van der Waals surface area contributed by atoms with E-state index >= 15 is 0 Å². The molecule has 0 radical (unpaired) electrons. The first-order valence-electron chi connectivity index (χ1n) is 6.49. The van der Waals surface area contributed by atoms with Crippen molar-refractivity contribution in [3.8, 4) is 34.2 Å². The molecule has 8 nitrogen and oxygen atoms in total. The first-order chi connectivity index (χ1) is 10.9. The number of tetrazole rings is 1. The first-order valence-corrected chi connectivity index (χ1v) is 6.49. The third kappa shape index (κ3) is 2.22. The zero-order valence-corrected chi connectivity index (χ0v) is 11.2. The van der Waals surface area contributed by atoms with E-state index in [4.69, 9.17) is 4.52 Å². The third-order valence-corrected chi connectivity index (χ3v) is 3.07. The second kappa shape index (κ2) is 5.17. The maximum absolute atomic E-state index is 5.33. The van der Waals surface area contributed by atoms with Crippen LogP contribution in [0.15, 0.2) is 53.3 Å². The van der Waals surface area contributed by atoms with Crippen molar-refractivity contribution in [3.63, 3.8) is 0 Å². The van der Waals surface area contributed by atoms with Crippen molar-refractivity contribution in [1.29, 1.82) is 0 Å². The predicted octanol–water partition coefficient (Wildman–Crippen LogP) is 1.98. The number of hydrogen-bond acceptors (Lipinski definition) is 7. The van der Waals surface area contributed by atoms with Gasteiger partial charge in [-0.05, 0) is 34.7 Å². The average Bonchev–Trinajstić information content (AvgIpc) is 3.28. The molecule has 0 atom stereocenters. The fourth-order valence-electron chi connectivity index (χ4n) is 2.03. The molecule has 0 saturated carbocycles. The van der Waals surface area contributed by atoms with Crippen LogP contribution in [0.1, 0.15) is 0 Å². The van der Waals surface area contributed by atoms with Crippen LogP contribution in [0.25, 0.3) is 34.2 Å². The van der Waals surface area contributed by atoms with Crippen LogP contribution in [0.5, 0.6) is 0 Å². The molecule has 3 heterocycles. The van der Waals surface area contributed by atoms with Gasteiger partial charge in [-0.3, -0.25) is 4.98 Å². The van der Waals surface area contributed by atoms with Crippen LogP contribution in [-0.4, -0.2) is 35.7 Å². The summed E-state index contributed by atoms with van der Waals surface area (Å²) in [5.74, 6) is 1.50. The molecule has 0 aliphatic heterocycles. The number of nitrogens with zero attached hydrogens (tertiary/aromatic N) is 6. The van der Waals surface area contributed by atoms with Crippen LogP contribution in [0.2, 0.25) is 0 Å². The minimum Gasteiger partial charge on any atom is -0.334 e. The Morgan fingerprint density at radius 3 is 2.73 bits per heavy atom. The molecule has 8 heteroatoms. The summed E-state index contributed by atoms with van der Waals surface area (Å²) in [7, 11) is 0. The van der Waals surface area contributed by atoms with Gasteiger partial charge in [0.1, 0.15) is 0 Å². The van der Waals surface area contributed by atoms with E-state index in [2.05, 4.69) is 35.7 Å². The van der Waals surface area contributed by atoms with Crippen molar-refractivity contribution in [3.05, 3.63) is 48.8 Å². The lowest BCUT2D eigenvalue weighted by atomic mass is 10.1. The molecule has 106 valence electrons. The number of pyridine rings is 1. The fraction of sp³-hybridized carbons (Fsp3) is 0. The van der Waals surface area contributed by atoms with Gasteiger partial charge in [0, 0.05) is 29.1 Å². The molecule has 0 aliphatic rings. The molecule has 0 bridgehead atoms. The van der Waals surface area contributed by atoms with E-state index in [-0.39, 0.29) is 0 Å². The van der Waals surface area contributed by atoms with Gasteiger partial charge >= 0.3 is 0 Å². The Hall–Kier alpha value is -3.42. The van der Waals surface area contributed by atoms with Gasteiger partial charge in [0.05, 0.1) is 0 Å². The predicted molar refractivity (Wildman–Crippen MR) is 76.1 cm³/mol. The topological polar surface area (TPSA) is 106 Å². The van der Waals surface area contributed by atoms with Gasteiger partial charge in [-0.15, -0.1) is 5.10 Å². The highest BCUT2D eigenvalue weighted by atomic mass is 16.5. The highest BCUT2D eigenvalue weighted by Gasteiger charge is 2.12. The van der Waals surface area contributed by atoms with Gasteiger partial charge in [0.2, 0.25) is 5.82 Å². The molecular weight excluding hydrogens is 282 g/mol.